The van der Waals surface area contributed by atoms with Crippen molar-refractivity contribution in [1.82, 2.24) is 0 Å². The van der Waals surface area contributed by atoms with Crippen molar-refractivity contribution in [2.45, 2.75) is 27.4 Å². The lowest BCUT2D eigenvalue weighted by Gasteiger charge is -2.15. The fourth-order valence-electron chi connectivity index (χ4n) is 2.80. The number of aryl methyl sites for hydroxylation is 2. The van der Waals surface area contributed by atoms with Crippen LogP contribution in [0.5, 0.6) is 11.5 Å². The molecule has 0 aliphatic heterocycles. The number of halogens is 2. The van der Waals surface area contributed by atoms with Crippen LogP contribution in [0.25, 0.3) is 0 Å². The van der Waals surface area contributed by atoms with Gasteiger partial charge in [-0.1, -0.05) is 35.9 Å². The molecule has 0 saturated carbocycles. The van der Waals surface area contributed by atoms with Crippen molar-refractivity contribution in [1.29, 1.82) is 0 Å². The van der Waals surface area contributed by atoms with E-state index in [0.29, 0.717) is 29.7 Å². The summed E-state index contributed by atoms with van der Waals surface area (Å²) in [5, 5.41) is 0.706. The monoisotopic (exact) mass is 471 g/mol. The van der Waals surface area contributed by atoms with Gasteiger partial charge in [0.2, 0.25) is 0 Å². The zero-order chi connectivity index (χ0) is 20.8. The van der Waals surface area contributed by atoms with Crippen molar-refractivity contribution in [3.8, 4) is 11.5 Å². The Morgan fingerprint density at radius 2 is 1.76 bits per heavy atom. The molecule has 0 unspecified atom stereocenters. The molecule has 0 spiro atoms. The van der Waals surface area contributed by atoms with Crippen LogP contribution in [0.3, 0.4) is 0 Å². The predicted octanol–water partition coefficient (Wildman–Crippen LogP) is 7.45. The van der Waals surface area contributed by atoms with Crippen LogP contribution in [0.15, 0.2) is 64.1 Å². The Labute approximate surface area is 185 Å². The summed E-state index contributed by atoms with van der Waals surface area (Å²) in [5.41, 5.74) is 5.25. The quantitative estimate of drug-likeness (QED) is 0.334. The van der Waals surface area contributed by atoms with E-state index in [-0.39, 0.29) is 0 Å². The van der Waals surface area contributed by atoms with Gasteiger partial charge < -0.3 is 9.47 Å². The van der Waals surface area contributed by atoms with Crippen LogP contribution in [0.2, 0.25) is 5.02 Å². The van der Waals surface area contributed by atoms with Crippen molar-refractivity contribution >= 4 is 39.4 Å². The second-order valence-corrected chi connectivity index (χ2v) is 8.02. The molecular weight excluding hydrogens is 450 g/mol. The minimum absolute atomic E-state index is 0.422. The summed E-state index contributed by atoms with van der Waals surface area (Å²) in [6.45, 7) is 7.04. The van der Waals surface area contributed by atoms with Gasteiger partial charge in [0.15, 0.2) is 11.5 Å². The van der Waals surface area contributed by atoms with E-state index >= 15 is 0 Å². The molecule has 29 heavy (non-hydrogen) atoms. The normalized spacial score (nSPS) is 11.1. The molecule has 0 saturated heterocycles. The largest absolute Gasteiger partial charge is 0.490 e. The first-order chi connectivity index (χ1) is 14.0. The topological polar surface area (TPSA) is 30.8 Å². The highest BCUT2D eigenvalue weighted by Gasteiger charge is 2.12. The highest BCUT2D eigenvalue weighted by atomic mass is 79.9. The molecule has 0 N–H and O–H groups in total. The lowest BCUT2D eigenvalue weighted by atomic mass is 10.1. The van der Waals surface area contributed by atoms with Gasteiger partial charge in [0.25, 0.3) is 0 Å². The van der Waals surface area contributed by atoms with Crippen LogP contribution in [-0.2, 0) is 6.61 Å². The minimum Gasteiger partial charge on any atom is -0.490 e. The molecule has 150 valence electrons. The van der Waals surface area contributed by atoms with Crippen molar-refractivity contribution in [2.24, 2.45) is 4.99 Å². The van der Waals surface area contributed by atoms with Gasteiger partial charge >= 0.3 is 0 Å². The Balaban J connectivity index is 1.84. The Morgan fingerprint density at radius 1 is 1.00 bits per heavy atom. The van der Waals surface area contributed by atoms with Crippen LogP contribution >= 0.6 is 27.5 Å². The van der Waals surface area contributed by atoms with Gasteiger partial charge in [-0.25, -0.2) is 0 Å². The SMILES string of the molecule is CCOc1cc(C=Nc2cc(C)ccc2C)cc(Br)c1OCc1ccc(Cl)cc1. The standard InChI is InChI=1S/C24H23BrClNO2/c1-4-28-23-13-19(14-27-22-11-16(2)5-6-17(22)3)12-21(25)24(23)29-15-18-7-9-20(26)10-8-18/h5-14H,4,15H2,1-3H3. The molecule has 0 bridgehead atoms. The molecule has 0 heterocycles. The summed E-state index contributed by atoms with van der Waals surface area (Å²) >= 11 is 9.57. The molecule has 0 amide bonds. The molecule has 0 aromatic heterocycles. The third kappa shape index (κ3) is 5.84. The van der Waals surface area contributed by atoms with Crippen LogP contribution < -0.4 is 9.47 Å². The first kappa shape index (κ1) is 21.4. The van der Waals surface area contributed by atoms with Gasteiger partial charge in [-0.3, -0.25) is 4.99 Å². The highest BCUT2D eigenvalue weighted by Crippen LogP contribution is 2.37. The van der Waals surface area contributed by atoms with Crippen molar-refractivity contribution in [2.75, 3.05) is 6.61 Å². The van der Waals surface area contributed by atoms with Crippen LogP contribution in [-0.4, -0.2) is 12.8 Å². The van der Waals surface area contributed by atoms with Crippen molar-refractivity contribution in [3.63, 3.8) is 0 Å². The maximum absolute atomic E-state index is 6.04. The third-order valence-electron chi connectivity index (χ3n) is 4.35. The molecule has 3 nitrogen and oxygen atoms in total. The van der Waals surface area contributed by atoms with Gasteiger partial charge in [0.1, 0.15) is 6.61 Å². The molecule has 0 fully saturated rings. The molecule has 0 atom stereocenters. The fourth-order valence-corrected chi connectivity index (χ4v) is 3.50. The number of hydrogen-bond donors (Lipinski definition) is 0. The minimum atomic E-state index is 0.422. The van der Waals surface area contributed by atoms with E-state index in [9.17, 15) is 0 Å². The zero-order valence-electron chi connectivity index (χ0n) is 16.7. The molecule has 5 heteroatoms. The van der Waals surface area contributed by atoms with Crippen LogP contribution in [0, 0.1) is 13.8 Å². The maximum atomic E-state index is 6.04. The molecule has 3 aromatic rings. The van der Waals surface area contributed by atoms with E-state index in [1.807, 2.05) is 49.5 Å². The summed E-state index contributed by atoms with van der Waals surface area (Å²) < 4.78 is 12.7. The Kier molecular flexibility index (Phi) is 7.34. The average molecular weight is 473 g/mol. The summed E-state index contributed by atoms with van der Waals surface area (Å²) in [7, 11) is 0. The van der Waals surface area contributed by atoms with Crippen molar-refractivity contribution in [3.05, 3.63) is 86.3 Å². The molecule has 0 radical (unpaired) electrons. The maximum Gasteiger partial charge on any atom is 0.175 e. The average Bonchev–Trinajstić information content (AvgIpc) is 2.69. The van der Waals surface area contributed by atoms with Crippen LogP contribution in [0.4, 0.5) is 5.69 Å². The Hall–Kier alpha value is -2.30. The number of benzene rings is 3. The van der Waals surface area contributed by atoms with Gasteiger partial charge in [-0.2, -0.15) is 0 Å². The Morgan fingerprint density at radius 3 is 2.48 bits per heavy atom. The number of aliphatic imine (C=N–C) groups is 1. The molecule has 3 rings (SSSR count). The van der Waals surface area contributed by atoms with E-state index in [1.165, 1.54) is 5.56 Å². The summed E-state index contributed by atoms with van der Waals surface area (Å²) in [6, 6.07) is 17.8. The number of ether oxygens (including phenoxy) is 2. The fraction of sp³-hybridized carbons (Fsp3) is 0.208. The second-order valence-electron chi connectivity index (χ2n) is 6.73. The van der Waals surface area contributed by atoms with E-state index in [4.69, 9.17) is 21.1 Å². The molecule has 0 aliphatic carbocycles. The zero-order valence-corrected chi connectivity index (χ0v) is 19.0. The molecular formula is C24H23BrClNO2. The van der Waals surface area contributed by atoms with Gasteiger partial charge in [0.05, 0.1) is 16.8 Å². The number of rotatable bonds is 7. The first-order valence-electron chi connectivity index (χ1n) is 9.41. The molecule has 3 aromatic carbocycles. The molecule has 0 aliphatic rings. The smallest absolute Gasteiger partial charge is 0.175 e. The predicted molar refractivity (Wildman–Crippen MR) is 124 cm³/mol. The highest BCUT2D eigenvalue weighted by molar-refractivity contribution is 9.10. The summed E-state index contributed by atoms with van der Waals surface area (Å²) in [5.74, 6) is 1.35. The van der Waals surface area contributed by atoms with Crippen molar-refractivity contribution < 1.29 is 9.47 Å². The van der Waals surface area contributed by atoms with Crippen LogP contribution in [0.1, 0.15) is 29.2 Å². The number of nitrogens with zero attached hydrogens (tertiary/aromatic N) is 1. The summed E-state index contributed by atoms with van der Waals surface area (Å²) in [4.78, 5) is 4.66. The van der Waals surface area contributed by atoms with Gasteiger partial charge in [-0.05, 0) is 89.3 Å². The first-order valence-corrected chi connectivity index (χ1v) is 10.6. The van der Waals surface area contributed by atoms with E-state index in [1.54, 1.807) is 0 Å². The lowest BCUT2D eigenvalue weighted by Crippen LogP contribution is -2.01. The third-order valence-corrected chi connectivity index (χ3v) is 5.19. The van der Waals surface area contributed by atoms with Gasteiger partial charge in [-0.15, -0.1) is 0 Å². The van der Waals surface area contributed by atoms with Gasteiger partial charge in [0, 0.05) is 11.2 Å². The second kappa shape index (κ2) is 9.95. The van der Waals surface area contributed by atoms with E-state index in [0.717, 1.165) is 26.9 Å². The number of hydrogen-bond acceptors (Lipinski definition) is 3. The Bertz CT molecular complexity index is 1020. The lowest BCUT2D eigenvalue weighted by molar-refractivity contribution is 0.267. The van der Waals surface area contributed by atoms with E-state index in [2.05, 4.69) is 53.0 Å². The van der Waals surface area contributed by atoms with E-state index < -0.39 is 0 Å². The summed E-state index contributed by atoms with van der Waals surface area (Å²) in [6.07, 6.45) is 1.85.